The fourth-order valence-corrected chi connectivity index (χ4v) is 1.31. The van der Waals surface area contributed by atoms with Crippen LogP contribution in [0.3, 0.4) is 0 Å². The van der Waals surface area contributed by atoms with Gasteiger partial charge in [-0.3, -0.25) is 0 Å². The fraction of sp³-hybridized carbons (Fsp3) is 0.182. The van der Waals surface area contributed by atoms with Crippen molar-refractivity contribution in [3.05, 3.63) is 41.8 Å². The van der Waals surface area contributed by atoms with Crippen LogP contribution in [0.4, 0.5) is 0 Å². The maximum Gasteiger partial charge on any atom is 0.226 e. The number of rotatable bonds is 2. The first kappa shape index (κ1) is 8.97. The lowest BCUT2D eigenvalue weighted by Crippen LogP contribution is -1.92. The van der Waals surface area contributed by atoms with Gasteiger partial charge in [-0.2, -0.15) is 0 Å². The van der Waals surface area contributed by atoms with Crippen LogP contribution in [0.2, 0.25) is 0 Å². The Morgan fingerprint density at radius 1 is 1.43 bits per heavy atom. The molecule has 1 aromatic heterocycles. The molecule has 2 N–H and O–H groups in total. The molecular weight excluding hydrogens is 176 g/mol. The molecule has 0 atom stereocenters. The van der Waals surface area contributed by atoms with Crippen molar-refractivity contribution in [3.63, 3.8) is 0 Å². The minimum Gasteiger partial charge on any atom is -0.440 e. The molecule has 0 aliphatic carbocycles. The van der Waals surface area contributed by atoms with Crippen LogP contribution in [0.1, 0.15) is 11.3 Å². The molecule has 1 heterocycles. The Hall–Kier alpha value is -1.61. The lowest BCUT2D eigenvalue weighted by atomic mass is 10.1. The van der Waals surface area contributed by atoms with Crippen LogP contribution in [0, 0.1) is 6.92 Å². The molecule has 0 saturated heterocycles. The van der Waals surface area contributed by atoms with Gasteiger partial charge >= 0.3 is 0 Å². The summed E-state index contributed by atoms with van der Waals surface area (Å²) >= 11 is 0. The highest BCUT2D eigenvalue weighted by Gasteiger charge is 2.04. The van der Waals surface area contributed by atoms with Gasteiger partial charge < -0.3 is 10.2 Å². The number of aromatic nitrogens is 1. The zero-order chi connectivity index (χ0) is 9.97. The summed E-state index contributed by atoms with van der Waals surface area (Å²) < 4.78 is 5.44. The van der Waals surface area contributed by atoms with E-state index in [0.717, 1.165) is 5.56 Å². The largest absolute Gasteiger partial charge is 0.440 e. The molecule has 0 radical (unpaired) electrons. The predicted octanol–water partition coefficient (Wildman–Crippen LogP) is 2.11. The van der Waals surface area contributed by atoms with Crippen LogP contribution >= 0.6 is 0 Å². The Kier molecular flexibility index (Phi) is 2.33. The van der Waals surface area contributed by atoms with E-state index in [4.69, 9.17) is 10.2 Å². The normalized spacial score (nSPS) is 10.4. The lowest BCUT2D eigenvalue weighted by molar-refractivity contribution is 0.520. The smallest absolute Gasteiger partial charge is 0.226 e. The van der Waals surface area contributed by atoms with Crippen molar-refractivity contribution in [2.75, 3.05) is 0 Å². The van der Waals surface area contributed by atoms with E-state index in [1.165, 1.54) is 5.56 Å². The van der Waals surface area contributed by atoms with Crippen molar-refractivity contribution >= 4 is 0 Å². The van der Waals surface area contributed by atoms with Gasteiger partial charge in [0.2, 0.25) is 5.89 Å². The zero-order valence-electron chi connectivity index (χ0n) is 8.03. The summed E-state index contributed by atoms with van der Waals surface area (Å²) in [7, 11) is 0. The van der Waals surface area contributed by atoms with Gasteiger partial charge in [-0.25, -0.2) is 4.98 Å². The summed E-state index contributed by atoms with van der Waals surface area (Å²) in [6, 6.07) is 8.03. The Morgan fingerprint density at radius 3 is 2.93 bits per heavy atom. The number of benzene rings is 1. The second-order valence-corrected chi connectivity index (χ2v) is 3.21. The van der Waals surface area contributed by atoms with Crippen molar-refractivity contribution in [2.45, 2.75) is 13.5 Å². The predicted molar refractivity (Wildman–Crippen MR) is 54.6 cm³/mol. The van der Waals surface area contributed by atoms with E-state index in [2.05, 4.69) is 4.98 Å². The van der Waals surface area contributed by atoms with Crippen LogP contribution in [-0.4, -0.2) is 4.98 Å². The van der Waals surface area contributed by atoms with E-state index in [9.17, 15) is 0 Å². The number of oxazole rings is 1. The summed E-state index contributed by atoms with van der Waals surface area (Å²) in [5.74, 6) is 1.34. The highest BCUT2D eigenvalue weighted by atomic mass is 16.4. The Balaban J connectivity index is 2.39. The molecule has 1 aromatic carbocycles. The molecule has 0 unspecified atom stereocenters. The summed E-state index contributed by atoms with van der Waals surface area (Å²) in [4.78, 5) is 4.15. The highest BCUT2D eigenvalue weighted by Crippen LogP contribution is 2.19. The molecule has 0 aliphatic heterocycles. The summed E-state index contributed by atoms with van der Waals surface area (Å²) in [6.07, 6.45) is 1.66. The van der Waals surface area contributed by atoms with E-state index in [0.29, 0.717) is 18.2 Å². The van der Waals surface area contributed by atoms with E-state index in [-0.39, 0.29) is 0 Å². The maximum atomic E-state index is 5.44. The van der Waals surface area contributed by atoms with Gasteiger partial charge in [-0.15, -0.1) is 0 Å². The molecule has 0 saturated carbocycles. The van der Waals surface area contributed by atoms with Gasteiger partial charge in [-0.1, -0.05) is 17.7 Å². The van der Waals surface area contributed by atoms with Crippen LogP contribution in [-0.2, 0) is 6.54 Å². The Labute approximate surface area is 82.6 Å². The Morgan fingerprint density at radius 2 is 2.29 bits per heavy atom. The second kappa shape index (κ2) is 3.64. The van der Waals surface area contributed by atoms with E-state index in [1.807, 2.05) is 31.2 Å². The SMILES string of the molecule is Cc1cccc(-c2ncc(CN)o2)c1. The van der Waals surface area contributed by atoms with Gasteiger partial charge in [0.05, 0.1) is 12.7 Å². The van der Waals surface area contributed by atoms with Gasteiger partial charge in [0.15, 0.2) is 0 Å². The number of hydrogen-bond donors (Lipinski definition) is 1. The summed E-state index contributed by atoms with van der Waals surface area (Å²) in [5, 5.41) is 0. The number of nitrogens with zero attached hydrogens (tertiary/aromatic N) is 1. The molecule has 2 aromatic rings. The third-order valence-electron chi connectivity index (χ3n) is 2.02. The van der Waals surface area contributed by atoms with Crippen LogP contribution in [0.15, 0.2) is 34.9 Å². The van der Waals surface area contributed by atoms with Gasteiger partial charge in [-0.05, 0) is 19.1 Å². The molecule has 0 spiro atoms. The van der Waals surface area contributed by atoms with Crippen LogP contribution in [0.5, 0.6) is 0 Å². The first-order valence-electron chi connectivity index (χ1n) is 4.51. The Bertz CT molecular complexity index is 434. The molecule has 72 valence electrons. The van der Waals surface area contributed by atoms with Crippen molar-refractivity contribution < 1.29 is 4.42 Å². The number of aryl methyl sites for hydroxylation is 1. The quantitative estimate of drug-likeness (QED) is 0.785. The van der Waals surface area contributed by atoms with Crippen molar-refractivity contribution in [1.82, 2.24) is 4.98 Å². The van der Waals surface area contributed by atoms with E-state index < -0.39 is 0 Å². The maximum absolute atomic E-state index is 5.44. The molecule has 14 heavy (non-hydrogen) atoms. The summed E-state index contributed by atoms with van der Waals surface area (Å²) in [5.41, 5.74) is 7.62. The standard InChI is InChI=1S/C11H12N2O/c1-8-3-2-4-9(5-8)11-13-7-10(6-12)14-11/h2-5,7H,6,12H2,1H3. The second-order valence-electron chi connectivity index (χ2n) is 3.21. The van der Waals surface area contributed by atoms with Gasteiger partial charge in [0.1, 0.15) is 5.76 Å². The first-order valence-corrected chi connectivity index (χ1v) is 4.51. The number of hydrogen-bond acceptors (Lipinski definition) is 3. The average molecular weight is 188 g/mol. The molecule has 3 heteroatoms. The molecule has 0 bridgehead atoms. The third-order valence-corrected chi connectivity index (χ3v) is 2.02. The van der Waals surface area contributed by atoms with Crippen molar-refractivity contribution in [2.24, 2.45) is 5.73 Å². The molecule has 2 rings (SSSR count). The molecule has 0 aliphatic rings. The number of nitrogens with two attached hydrogens (primary N) is 1. The van der Waals surface area contributed by atoms with Crippen molar-refractivity contribution in [1.29, 1.82) is 0 Å². The van der Waals surface area contributed by atoms with Crippen LogP contribution in [0.25, 0.3) is 11.5 Å². The monoisotopic (exact) mass is 188 g/mol. The van der Waals surface area contributed by atoms with Gasteiger partial charge in [0.25, 0.3) is 0 Å². The minimum atomic E-state index is 0.388. The van der Waals surface area contributed by atoms with Crippen molar-refractivity contribution in [3.8, 4) is 11.5 Å². The average Bonchev–Trinajstić information content (AvgIpc) is 2.66. The third kappa shape index (κ3) is 1.67. The molecule has 0 fully saturated rings. The van der Waals surface area contributed by atoms with Crippen LogP contribution < -0.4 is 5.73 Å². The first-order chi connectivity index (χ1) is 6.79. The molecule has 0 amide bonds. The highest BCUT2D eigenvalue weighted by molar-refractivity contribution is 5.54. The molecular formula is C11H12N2O. The summed E-state index contributed by atoms with van der Waals surface area (Å²) in [6.45, 7) is 2.43. The molecule has 3 nitrogen and oxygen atoms in total. The minimum absolute atomic E-state index is 0.388. The van der Waals surface area contributed by atoms with E-state index in [1.54, 1.807) is 6.20 Å². The van der Waals surface area contributed by atoms with Gasteiger partial charge in [0, 0.05) is 5.56 Å². The topological polar surface area (TPSA) is 52.0 Å². The van der Waals surface area contributed by atoms with E-state index >= 15 is 0 Å². The lowest BCUT2D eigenvalue weighted by Gasteiger charge is -1.96. The zero-order valence-corrected chi connectivity index (χ0v) is 8.03. The fourth-order valence-electron chi connectivity index (χ4n) is 1.31.